The van der Waals surface area contributed by atoms with Gasteiger partial charge in [-0.15, -0.1) is 0 Å². The van der Waals surface area contributed by atoms with E-state index in [1.807, 2.05) is 55.4 Å². The highest BCUT2D eigenvalue weighted by Crippen LogP contribution is 2.41. The molecule has 1 saturated carbocycles. The van der Waals surface area contributed by atoms with Crippen LogP contribution in [0.5, 0.6) is 5.75 Å². The van der Waals surface area contributed by atoms with Gasteiger partial charge in [0.15, 0.2) is 5.69 Å². The predicted molar refractivity (Wildman–Crippen MR) is 190 cm³/mol. The van der Waals surface area contributed by atoms with Crippen LogP contribution in [0.3, 0.4) is 0 Å². The lowest BCUT2D eigenvalue weighted by molar-refractivity contribution is -0.135. The number of ether oxygens (including phenoxy) is 1. The fourth-order valence-electron chi connectivity index (χ4n) is 5.38. The Bertz CT molecular complexity index is 1560. The smallest absolute Gasteiger partial charge is 0.311 e. The summed E-state index contributed by atoms with van der Waals surface area (Å²) in [6.45, 7) is 19.9. The zero-order valence-electron chi connectivity index (χ0n) is 31.2. The van der Waals surface area contributed by atoms with Gasteiger partial charge < -0.3 is 19.5 Å². The van der Waals surface area contributed by atoms with E-state index in [9.17, 15) is 28.0 Å². The molecule has 1 saturated heterocycles. The molecule has 1 N–H and O–H groups in total. The highest BCUT2D eigenvalue weighted by molar-refractivity contribution is 6.00. The van der Waals surface area contributed by atoms with Crippen molar-refractivity contribution >= 4 is 23.5 Å². The Morgan fingerprint density at radius 1 is 1.06 bits per heavy atom. The standard InChI is InChI=1S/C28H33F2N3O5.C4H9N.C4H8.C2H6/c1-15(2)10-22(34)38-25-23-27(37)32-14-28(5,16(3)6-7-17(32)4)33(23)13-20(24(25)35)26(36)31-12-18-8-9-19(29)11-21(18)30;1-4(2)5-3;1-4-2-3-4;1-2/h8-9,11,13,15-17H,6-7,10,12,14H2,1-5H3,(H,31,36);1-3H3;4H,2-3H2,1H3;1-2H3. The molecule has 49 heavy (non-hydrogen) atoms. The average molecular weight is 687 g/mol. The number of halogens is 2. The number of hydrogen-bond donors (Lipinski definition) is 1. The molecule has 1 aromatic heterocycles. The maximum absolute atomic E-state index is 14.1. The Hall–Kier alpha value is -3.89. The Kier molecular flexibility index (Phi) is 15.3. The van der Waals surface area contributed by atoms with Crippen LogP contribution in [0, 0.1) is 29.4 Å². The number of benzene rings is 1. The Morgan fingerprint density at radius 3 is 2.16 bits per heavy atom. The van der Waals surface area contributed by atoms with Crippen LogP contribution in [-0.4, -0.2) is 52.6 Å². The summed E-state index contributed by atoms with van der Waals surface area (Å²) in [5, 5.41) is 2.50. The van der Waals surface area contributed by atoms with E-state index < -0.39 is 46.1 Å². The van der Waals surface area contributed by atoms with Crippen LogP contribution >= 0.6 is 0 Å². The summed E-state index contributed by atoms with van der Waals surface area (Å²) in [5.74, 6) is -2.93. The van der Waals surface area contributed by atoms with Gasteiger partial charge in [0.05, 0.1) is 5.54 Å². The molecule has 3 unspecified atom stereocenters. The topological polar surface area (TPSA) is 110 Å². The number of pyridine rings is 1. The van der Waals surface area contributed by atoms with Gasteiger partial charge in [-0.05, 0) is 64.4 Å². The number of carbonyl (C=O) groups excluding carboxylic acids is 3. The van der Waals surface area contributed by atoms with Crippen LogP contribution in [0.2, 0.25) is 0 Å². The molecule has 5 rings (SSSR count). The molecule has 2 fully saturated rings. The number of esters is 1. The molecule has 2 aromatic rings. The first-order valence-corrected chi connectivity index (χ1v) is 17.4. The van der Waals surface area contributed by atoms with E-state index in [1.165, 1.54) is 25.1 Å². The van der Waals surface area contributed by atoms with Gasteiger partial charge in [0, 0.05) is 56.1 Å². The van der Waals surface area contributed by atoms with Crippen molar-refractivity contribution < 1.29 is 27.9 Å². The third-order valence-corrected chi connectivity index (χ3v) is 9.08. The van der Waals surface area contributed by atoms with Crippen molar-refractivity contribution in [3.05, 3.63) is 63.1 Å². The Morgan fingerprint density at radius 2 is 1.65 bits per heavy atom. The van der Waals surface area contributed by atoms with Crippen molar-refractivity contribution in [2.24, 2.45) is 22.7 Å². The molecule has 11 heteroatoms. The molecule has 2 bridgehead atoms. The van der Waals surface area contributed by atoms with Gasteiger partial charge in [0.25, 0.3) is 11.8 Å². The third-order valence-electron chi connectivity index (χ3n) is 9.08. The van der Waals surface area contributed by atoms with E-state index in [4.69, 9.17) is 4.74 Å². The SMILES string of the molecule is CC.CC(C)CC(=O)Oc1c2n(cc(C(=O)NCc3ccc(F)cc3F)c1=O)C1(C)CN(C2=O)C(C)CCC1C.CC1CC1.CN=C(C)C. The van der Waals surface area contributed by atoms with Gasteiger partial charge >= 0.3 is 5.97 Å². The van der Waals surface area contributed by atoms with Crippen LogP contribution < -0.4 is 15.5 Å². The number of rotatable bonds is 6. The average Bonchev–Trinajstić information content (AvgIpc) is 3.85. The van der Waals surface area contributed by atoms with Crippen molar-refractivity contribution in [1.82, 2.24) is 14.8 Å². The van der Waals surface area contributed by atoms with Gasteiger partial charge in [-0.2, -0.15) is 0 Å². The second-order valence-corrected chi connectivity index (χ2v) is 13.9. The largest absolute Gasteiger partial charge is 0.420 e. The third kappa shape index (κ3) is 10.8. The van der Waals surface area contributed by atoms with E-state index in [2.05, 4.69) is 24.2 Å². The number of nitrogens with one attached hydrogen (secondary N) is 1. The molecule has 3 heterocycles. The first-order chi connectivity index (χ1) is 23.0. The highest BCUT2D eigenvalue weighted by atomic mass is 19.1. The number of amides is 2. The maximum atomic E-state index is 14.1. The summed E-state index contributed by atoms with van der Waals surface area (Å²) in [4.78, 5) is 58.7. The van der Waals surface area contributed by atoms with Crippen molar-refractivity contribution in [1.29, 1.82) is 0 Å². The lowest BCUT2D eigenvalue weighted by Crippen LogP contribution is -2.56. The van der Waals surface area contributed by atoms with Crippen LogP contribution in [0.4, 0.5) is 8.78 Å². The van der Waals surface area contributed by atoms with Gasteiger partial charge in [-0.1, -0.05) is 60.5 Å². The number of carbonyl (C=O) groups is 3. The van der Waals surface area contributed by atoms with E-state index in [-0.39, 0.29) is 47.7 Å². The number of nitrogens with zero attached hydrogens (tertiary/aromatic N) is 3. The number of aliphatic imine (C=N–C) groups is 1. The zero-order valence-corrected chi connectivity index (χ0v) is 31.2. The lowest BCUT2D eigenvalue weighted by Gasteiger charge is -2.46. The molecule has 1 aromatic carbocycles. The first kappa shape index (κ1) is 41.3. The number of fused-ring (bicyclic) bond motifs is 4. The molecular formula is C38H56F2N4O5. The summed E-state index contributed by atoms with van der Waals surface area (Å²) < 4.78 is 34.5. The minimum Gasteiger partial charge on any atom is -0.420 e. The van der Waals surface area contributed by atoms with Gasteiger partial charge in [0.2, 0.25) is 11.2 Å². The van der Waals surface area contributed by atoms with Crippen LogP contribution in [0.1, 0.15) is 128 Å². The summed E-state index contributed by atoms with van der Waals surface area (Å²) in [5.41, 5.74) is -0.810. The first-order valence-electron chi connectivity index (χ1n) is 17.4. The fourth-order valence-corrected chi connectivity index (χ4v) is 5.38. The van der Waals surface area contributed by atoms with E-state index in [0.29, 0.717) is 12.6 Å². The van der Waals surface area contributed by atoms with Gasteiger partial charge in [-0.25, -0.2) is 8.78 Å². The van der Waals surface area contributed by atoms with Crippen LogP contribution in [-0.2, 0) is 16.9 Å². The minimum atomic E-state index is -0.900. The molecule has 9 nitrogen and oxygen atoms in total. The quantitative estimate of drug-likeness (QED) is 0.250. The number of hydrogen-bond acceptors (Lipinski definition) is 6. The predicted octanol–water partition coefficient (Wildman–Crippen LogP) is 7.54. The van der Waals surface area contributed by atoms with Gasteiger partial charge in [-0.3, -0.25) is 24.2 Å². The van der Waals surface area contributed by atoms with E-state index >= 15 is 0 Å². The summed E-state index contributed by atoms with van der Waals surface area (Å²) in [6.07, 6.45) is 5.90. The Balaban J connectivity index is 0.000000655. The molecular weight excluding hydrogens is 630 g/mol. The van der Waals surface area contributed by atoms with Crippen molar-refractivity contribution in [3.63, 3.8) is 0 Å². The molecule has 0 spiro atoms. The second-order valence-electron chi connectivity index (χ2n) is 13.9. The minimum absolute atomic E-state index is 0.0150. The second kappa shape index (κ2) is 18.2. The molecule has 1 aliphatic carbocycles. The zero-order chi connectivity index (χ0) is 37.2. The molecule has 0 radical (unpaired) electrons. The van der Waals surface area contributed by atoms with Crippen molar-refractivity contribution in [2.45, 2.75) is 119 Å². The van der Waals surface area contributed by atoms with Crippen molar-refractivity contribution in [2.75, 3.05) is 13.6 Å². The summed E-state index contributed by atoms with van der Waals surface area (Å²) in [7, 11) is 1.79. The molecule has 2 aliphatic heterocycles. The maximum Gasteiger partial charge on any atom is 0.311 e. The van der Waals surface area contributed by atoms with E-state index in [0.717, 1.165) is 30.5 Å². The highest BCUT2D eigenvalue weighted by Gasteiger charge is 2.48. The number of aromatic nitrogens is 1. The summed E-state index contributed by atoms with van der Waals surface area (Å²) >= 11 is 0. The van der Waals surface area contributed by atoms with Crippen LogP contribution in [0.25, 0.3) is 0 Å². The van der Waals surface area contributed by atoms with Crippen LogP contribution in [0.15, 0.2) is 34.2 Å². The Labute approximate surface area is 290 Å². The molecule has 3 atom stereocenters. The normalized spacial score (nSPS) is 20.5. The molecule has 3 aliphatic rings. The monoisotopic (exact) mass is 686 g/mol. The van der Waals surface area contributed by atoms with Crippen molar-refractivity contribution in [3.8, 4) is 5.75 Å². The fraction of sp³-hybridized carbons (Fsp3) is 0.605. The van der Waals surface area contributed by atoms with E-state index in [1.54, 1.807) is 16.5 Å². The lowest BCUT2D eigenvalue weighted by atomic mass is 9.82. The summed E-state index contributed by atoms with van der Waals surface area (Å²) in [6, 6.07) is 2.89. The van der Waals surface area contributed by atoms with Gasteiger partial charge in [0.1, 0.15) is 17.2 Å². The molecule has 272 valence electrons. The molecule has 2 amide bonds.